The summed E-state index contributed by atoms with van der Waals surface area (Å²) in [5, 5.41) is 6.27. The normalized spacial score (nSPS) is 10.6. The second-order valence-corrected chi connectivity index (χ2v) is 4.99. The lowest BCUT2D eigenvalue weighted by atomic mass is 10.1. The van der Waals surface area contributed by atoms with Crippen LogP contribution in [0.5, 0.6) is 0 Å². The minimum absolute atomic E-state index is 0.0357. The van der Waals surface area contributed by atoms with E-state index in [9.17, 15) is 9.59 Å². The van der Waals surface area contributed by atoms with Crippen LogP contribution in [0, 0.1) is 12.8 Å². The van der Waals surface area contributed by atoms with Crippen molar-refractivity contribution < 1.29 is 14.1 Å². The number of nitrogens with zero attached hydrogens (tertiary/aromatic N) is 2. The van der Waals surface area contributed by atoms with E-state index in [1.54, 1.807) is 13.0 Å². The maximum absolute atomic E-state index is 11.8. The second kappa shape index (κ2) is 6.92. The molecular weight excluding hydrogens is 246 g/mol. The number of aromatic nitrogens is 1. The van der Waals surface area contributed by atoms with Crippen molar-refractivity contribution in [3.05, 3.63) is 11.8 Å². The molecule has 1 aromatic heterocycles. The van der Waals surface area contributed by atoms with E-state index >= 15 is 0 Å². The molecule has 1 heterocycles. The van der Waals surface area contributed by atoms with Crippen molar-refractivity contribution >= 4 is 17.6 Å². The second-order valence-electron chi connectivity index (χ2n) is 4.99. The van der Waals surface area contributed by atoms with Crippen molar-refractivity contribution in [3.63, 3.8) is 0 Å². The molecule has 0 atom stereocenters. The van der Waals surface area contributed by atoms with Crippen molar-refractivity contribution in [1.29, 1.82) is 0 Å². The standard InChI is InChI=1S/C13H21N3O3/c1-9(2)5-6-16(11(4)17)8-13(18)14-12-7-10(3)19-15-12/h7,9H,5-6,8H2,1-4H3,(H,14,15,18). The van der Waals surface area contributed by atoms with E-state index in [0.717, 1.165) is 6.42 Å². The number of hydrogen-bond donors (Lipinski definition) is 1. The van der Waals surface area contributed by atoms with Gasteiger partial charge in [-0.1, -0.05) is 19.0 Å². The first kappa shape index (κ1) is 15.2. The Bertz CT molecular complexity index is 440. The molecule has 2 amide bonds. The third kappa shape index (κ3) is 5.54. The van der Waals surface area contributed by atoms with Crippen molar-refractivity contribution in [2.75, 3.05) is 18.4 Å². The molecule has 0 unspecified atom stereocenters. The zero-order chi connectivity index (χ0) is 14.4. The quantitative estimate of drug-likeness (QED) is 0.853. The molecule has 0 saturated heterocycles. The highest BCUT2D eigenvalue weighted by Gasteiger charge is 2.15. The minimum Gasteiger partial charge on any atom is -0.360 e. The molecule has 0 aliphatic heterocycles. The monoisotopic (exact) mass is 267 g/mol. The van der Waals surface area contributed by atoms with E-state index in [-0.39, 0.29) is 18.4 Å². The molecule has 1 rings (SSSR count). The van der Waals surface area contributed by atoms with Gasteiger partial charge in [0.05, 0.1) is 6.54 Å². The predicted molar refractivity (Wildman–Crippen MR) is 71.6 cm³/mol. The predicted octanol–water partition coefficient (Wildman–Crippen LogP) is 1.82. The van der Waals surface area contributed by atoms with Crippen LogP contribution in [0.3, 0.4) is 0 Å². The van der Waals surface area contributed by atoms with E-state index in [1.165, 1.54) is 11.8 Å². The molecule has 0 fully saturated rings. The molecule has 106 valence electrons. The Morgan fingerprint density at radius 3 is 2.63 bits per heavy atom. The Hall–Kier alpha value is -1.85. The van der Waals surface area contributed by atoms with Gasteiger partial charge in [0.1, 0.15) is 5.76 Å². The number of carbonyl (C=O) groups is 2. The molecule has 0 saturated carbocycles. The van der Waals surface area contributed by atoms with E-state index in [1.807, 2.05) is 0 Å². The zero-order valence-corrected chi connectivity index (χ0v) is 11.9. The van der Waals surface area contributed by atoms with Crippen LogP contribution in [-0.4, -0.2) is 35.0 Å². The number of nitrogens with one attached hydrogen (secondary N) is 1. The highest BCUT2D eigenvalue weighted by molar-refractivity contribution is 5.93. The van der Waals surface area contributed by atoms with Crippen LogP contribution < -0.4 is 5.32 Å². The average molecular weight is 267 g/mol. The van der Waals surface area contributed by atoms with Crippen LogP contribution in [-0.2, 0) is 9.59 Å². The third-order valence-electron chi connectivity index (χ3n) is 2.65. The molecule has 0 aliphatic carbocycles. The van der Waals surface area contributed by atoms with Gasteiger partial charge in [-0.3, -0.25) is 9.59 Å². The highest BCUT2D eigenvalue weighted by Crippen LogP contribution is 2.07. The molecule has 6 nitrogen and oxygen atoms in total. The first-order chi connectivity index (χ1) is 8.88. The number of hydrogen-bond acceptors (Lipinski definition) is 4. The largest absolute Gasteiger partial charge is 0.360 e. The molecule has 0 aromatic carbocycles. The SMILES string of the molecule is CC(=O)N(CCC(C)C)CC(=O)Nc1cc(C)on1. The van der Waals surface area contributed by atoms with Crippen LogP contribution >= 0.6 is 0 Å². The maximum Gasteiger partial charge on any atom is 0.245 e. The van der Waals surface area contributed by atoms with Gasteiger partial charge < -0.3 is 14.7 Å². The van der Waals surface area contributed by atoms with Crippen LogP contribution in [0.2, 0.25) is 0 Å². The lowest BCUT2D eigenvalue weighted by molar-refractivity contribution is -0.132. The molecule has 0 bridgehead atoms. The van der Waals surface area contributed by atoms with Crippen LogP contribution in [0.15, 0.2) is 10.6 Å². The summed E-state index contributed by atoms with van der Waals surface area (Å²) in [6.07, 6.45) is 0.871. The smallest absolute Gasteiger partial charge is 0.245 e. The molecule has 19 heavy (non-hydrogen) atoms. The van der Waals surface area contributed by atoms with Gasteiger partial charge in [0.15, 0.2) is 5.82 Å². The fourth-order valence-corrected chi connectivity index (χ4v) is 1.54. The van der Waals surface area contributed by atoms with Crippen molar-refractivity contribution in [1.82, 2.24) is 10.1 Å². The molecule has 1 aromatic rings. The van der Waals surface area contributed by atoms with E-state index < -0.39 is 0 Å². The Morgan fingerprint density at radius 1 is 1.47 bits per heavy atom. The number of carbonyl (C=O) groups excluding carboxylic acids is 2. The summed E-state index contributed by atoms with van der Waals surface area (Å²) in [4.78, 5) is 24.8. The molecule has 0 aliphatic rings. The first-order valence-electron chi connectivity index (χ1n) is 6.37. The summed E-state index contributed by atoms with van der Waals surface area (Å²) < 4.78 is 4.85. The van der Waals surface area contributed by atoms with Crippen molar-refractivity contribution in [3.8, 4) is 0 Å². The Labute approximate surface area is 113 Å². The molecule has 0 spiro atoms. The van der Waals surface area contributed by atoms with Crippen molar-refractivity contribution in [2.24, 2.45) is 5.92 Å². The Morgan fingerprint density at radius 2 is 2.16 bits per heavy atom. The van der Waals surface area contributed by atoms with Crippen LogP contribution in [0.25, 0.3) is 0 Å². The summed E-state index contributed by atoms with van der Waals surface area (Å²) in [7, 11) is 0. The van der Waals surface area contributed by atoms with E-state index in [4.69, 9.17) is 4.52 Å². The fourth-order valence-electron chi connectivity index (χ4n) is 1.54. The minimum atomic E-state index is -0.271. The summed E-state index contributed by atoms with van der Waals surface area (Å²) >= 11 is 0. The van der Waals surface area contributed by atoms with Crippen molar-refractivity contribution in [2.45, 2.75) is 34.1 Å². The lowest BCUT2D eigenvalue weighted by Gasteiger charge is -2.21. The summed E-state index contributed by atoms with van der Waals surface area (Å²) in [5.74, 6) is 1.11. The highest BCUT2D eigenvalue weighted by atomic mass is 16.5. The van der Waals surface area contributed by atoms with Crippen LogP contribution in [0.1, 0.15) is 33.0 Å². The van der Waals surface area contributed by atoms with Gasteiger partial charge in [-0.15, -0.1) is 0 Å². The Kier molecular flexibility index (Phi) is 5.54. The van der Waals surface area contributed by atoms with E-state index in [2.05, 4.69) is 24.3 Å². The number of aryl methyl sites for hydroxylation is 1. The average Bonchev–Trinajstić information content (AvgIpc) is 2.69. The Balaban J connectivity index is 2.49. The van der Waals surface area contributed by atoms with Gasteiger partial charge in [0, 0.05) is 19.5 Å². The first-order valence-corrected chi connectivity index (χ1v) is 6.37. The number of amides is 2. The van der Waals surface area contributed by atoms with Gasteiger partial charge in [0.25, 0.3) is 0 Å². The molecule has 6 heteroatoms. The zero-order valence-electron chi connectivity index (χ0n) is 11.9. The van der Waals surface area contributed by atoms with Gasteiger partial charge in [-0.05, 0) is 19.3 Å². The van der Waals surface area contributed by atoms with Crippen LogP contribution in [0.4, 0.5) is 5.82 Å². The summed E-state index contributed by atoms with van der Waals surface area (Å²) in [6, 6.07) is 1.63. The van der Waals surface area contributed by atoms with Gasteiger partial charge in [0.2, 0.25) is 11.8 Å². The lowest BCUT2D eigenvalue weighted by Crippen LogP contribution is -2.37. The van der Waals surface area contributed by atoms with E-state index in [0.29, 0.717) is 24.0 Å². The topological polar surface area (TPSA) is 75.4 Å². The van der Waals surface area contributed by atoms with Gasteiger partial charge in [-0.25, -0.2) is 0 Å². The fraction of sp³-hybridized carbons (Fsp3) is 0.615. The summed E-state index contributed by atoms with van der Waals surface area (Å²) in [6.45, 7) is 7.99. The molecule has 0 radical (unpaired) electrons. The molecule has 1 N–H and O–H groups in total. The maximum atomic E-state index is 11.8. The third-order valence-corrected chi connectivity index (χ3v) is 2.65. The number of anilines is 1. The number of rotatable bonds is 6. The van der Waals surface area contributed by atoms with Gasteiger partial charge in [-0.2, -0.15) is 0 Å². The molecular formula is C13H21N3O3. The van der Waals surface area contributed by atoms with Gasteiger partial charge >= 0.3 is 0 Å². The summed E-state index contributed by atoms with van der Waals surface area (Å²) in [5.41, 5.74) is 0.